The Balaban J connectivity index is 1.93. The molecule has 0 fully saturated rings. The molecule has 0 amide bonds. The lowest BCUT2D eigenvalue weighted by Gasteiger charge is -2.18. The van der Waals surface area contributed by atoms with Crippen LogP contribution in [0.15, 0.2) is 24.3 Å². The quantitative estimate of drug-likeness (QED) is 0.942. The highest BCUT2D eigenvalue weighted by molar-refractivity contribution is 7.10. The number of carboxylic acid groups (broad SMARTS) is 1. The molecule has 3 rings (SSSR count). The number of carbonyl (C=O) groups is 1. The van der Waals surface area contributed by atoms with E-state index in [1.807, 2.05) is 29.2 Å². The summed E-state index contributed by atoms with van der Waals surface area (Å²) in [4.78, 5) is 13.3. The van der Waals surface area contributed by atoms with E-state index in [0.717, 1.165) is 22.8 Å². The van der Waals surface area contributed by atoms with Crippen molar-refractivity contribution in [3.63, 3.8) is 0 Å². The summed E-state index contributed by atoms with van der Waals surface area (Å²) in [5.74, 6) is -1.31. The summed E-state index contributed by atoms with van der Waals surface area (Å²) in [5.41, 5.74) is 2.46. The summed E-state index contributed by atoms with van der Waals surface area (Å²) in [6, 6.07) is 7.54. The molecule has 1 aliphatic rings. The van der Waals surface area contributed by atoms with Gasteiger partial charge in [0, 0.05) is 23.8 Å². The first-order chi connectivity index (χ1) is 9.16. The van der Waals surface area contributed by atoms with Crippen LogP contribution in [0.5, 0.6) is 0 Å². The van der Waals surface area contributed by atoms with Gasteiger partial charge in [-0.15, -0.1) is 5.10 Å². The largest absolute Gasteiger partial charge is 0.481 e. The van der Waals surface area contributed by atoms with Gasteiger partial charge in [0.25, 0.3) is 0 Å². The second kappa shape index (κ2) is 4.79. The van der Waals surface area contributed by atoms with Gasteiger partial charge in [0.05, 0.1) is 6.54 Å². The molecule has 7 heteroatoms. The monoisotopic (exact) mass is 295 g/mol. The standard InChI is InChI=1S/C12H10ClN3O2S/c13-11-9(14-15-19-11)6-16-5-8(12(17)18)7-3-1-2-4-10(7)16/h1-4,8H,5-6H2,(H,17,18). The minimum Gasteiger partial charge on any atom is -0.481 e. The van der Waals surface area contributed by atoms with Crippen LogP contribution in [0, 0.1) is 0 Å². The minimum atomic E-state index is -0.808. The Morgan fingerprint density at radius 1 is 1.53 bits per heavy atom. The summed E-state index contributed by atoms with van der Waals surface area (Å²) >= 11 is 7.13. The van der Waals surface area contributed by atoms with Gasteiger partial charge in [-0.3, -0.25) is 4.79 Å². The molecule has 0 spiro atoms. The first kappa shape index (κ1) is 12.4. The van der Waals surface area contributed by atoms with Gasteiger partial charge in [0.1, 0.15) is 15.9 Å². The molecule has 1 unspecified atom stereocenters. The lowest BCUT2D eigenvalue weighted by molar-refractivity contribution is -0.138. The van der Waals surface area contributed by atoms with Crippen molar-refractivity contribution >= 4 is 34.8 Å². The van der Waals surface area contributed by atoms with Crippen LogP contribution in [0.2, 0.25) is 4.34 Å². The second-order valence-electron chi connectivity index (χ2n) is 4.32. The molecular formula is C12H10ClN3O2S. The highest BCUT2D eigenvalue weighted by Crippen LogP contribution is 2.37. The van der Waals surface area contributed by atoms with Crippen LogP contribution in [-0.4, -0.2) is 27.2 Å². The van der Waals surface area contributed by atoms with Crippen molar-refractivity contribution in [2.45, 2.75) is 12.5 Å². The number of benzene rings is 1. The second-order valence-corrected chi connectivity index (χ2v) is 5.68. The van der Waals surface area contributed by atoms with Gasteiger partial charge in [-0.2, -0.15) is 0 Å². The van der Waals surface area contributed by atoms with E-state index in [-0.39, 0.29) is 0 Å². The Morgan fingerprint density at radius 3 is 3.00 bits per heavy atom. The lowest BCUT2D eigenvalue weighted by Crippen LogP contribution is -2.24. The molecule has 0 radical (unpaired) electrons. The zero-order valence-corrected chi connectivity index (χ0v) is 11.4. The van der Waals surface area contributed by atoms with Crippen molar-refractivity contribution in [1.82, 2.24) is 9.59 Å². The third-order valence-electron chi connectivity index (χ3n) is 3.20. The van der Waals surface area contributed by atoms with Crippen LogP contribution >= 0.6 is 23.1 Å². The average molecular weight is 296 g/mol. The maximum Gasteiger partial charge on any atom is 0.312 e. The smallest absolute Gasteiger partial charge is 0.312 e. The molecule has 1 aliphatic heterocycles. The molecule has 1 aromatic carbocycles. The van der Waals surface area contributed by atoms with Crippen molar-refractivity contribution in [2.75, 3.05) is 11.4 Å². The molecule has 1 atom stereocenters. The number of hydrogen-bond donors (Lipinski definition) is 1. The highest BCUT2D eigenvalue weighted by atomic mass is 35.5. The Hall–Kier alpha value is -1.66. The number of carboxylic acids is 1. The first-order valence-electron chi connectivity index (χ1n) is 5.70. The number of fused-ring (bicyclic) bond motifs is 1. The number of rotatable bonds is 3. The summed E-state index contributed by atoms with van der Waals surface area (Å²) in [7, 11) is 0. The Labute approximate surface area is 118 Å². The van der Waals surface area contributed by atoms with Crippen molar-refractivity contribution in [3.8, 4) is 0 Å². The van der Waals surface area contributed by atoms with Gasteiger partial charge >= 0.3 is 5.97 Å². The molecule has 2 aromatic rings. The minimum absolute atomic E-state index is 0.433. The summed E-state index contributed by atoms with van der Waals surface area (Å²) in [6.07, 6.45) is 0. The lowest BCUT2D eigenvalue weighted by atomic mass is 10.0. The van der Waals surface area contributed by atoms with Crippen molar-refractivity contribution in [1.29, 1.82) is 0 Å². The van der Waals surface area contributed by atoms with E-state index in [4.69, 9.17) is 11.6 Å². The SMILES string of the molecule is O=C(O)C1CN(Cc2nnsc2Cl)c2ccccc21. The van der Waals surface area contributed by atoms with Gasteiger partial charge in [-0.05, 0) is 11.6 Å². The highest BCUT2D eigenvalue weighted by Gasteiger charge is 2.33. The number of hydrogen-bond acceptors (Lipinski definition) is 5. The van der Waals surface area contributed by atoms with E-state index in [2.05, 4.69) is 9.59 Å². The molecule has 2 heterocycles. The molecule has 19 heavy (non-hydrogen) atoms. The zero-order chi connectivity index (χ0) is 13.4. The topological polar surface area (TPSA) is 66.3 Å². The predicted molar refractivity (Wildman–Crippen MR) is 72.8 cm³/mol. The van der Waals surface area contributed by atoms with Crippen LogP contribution in [0.25, 0.3) is 0 Å². The normalized spacial score (nSPS) is 17.5. The molecule has 0 saturated carbocycles. The summed E-state index contributed by atoms with van der Waals surface area (Å²) in [5, 5.41) is 13.2. The van der Waals surface area contributed by atoms with E-state index in [0.29, 0.717) is 23.1 Å². The number of para-hydroxylation sites is 1. The molecule has 98 valence electrons. The fourth-order valence-corrected chi connectivity index (χ4v) is 2.93. The molecule has 1 aromatic heterocycles. The number of aliphatic carboxylic acids is 1. The molecule has 0 aliphatic carbocycles. The van der Waals surface area contributed by atoms with Crippen molar-refractivity contribution in [2.24, 2.45) is 0 Å². The van der Waals surface area contributed by atoms with Crippen molar-refractivity contribution in [3.05, 3.63) is 39.9 Å². The Morgan fingerprint density at radius 2 is 2.32 bits per heavy atom. The predicted octanol–water partition coefficient (Wildman–Crippen LogP) is 2.38. The number of halogens is 1. The van der Waals surface area contributed by atoms with Crippen LogP contribution in [-0.2, 0) is 11.3 Å². The third kappa shape index (κ3) is 2.17. The van der Waals surface area contributed by atoms with E-state index in [9.17, 15) is 9.90 Å². The Bertz CT molecular complexity index is 631. The average Bonchev–Trinajstić information content (AvgIpc) is 2.96. The van der Waals surface area contributed by atoms with E-state index >= 15 is 0 Å². The maximum atomic E-state index is 11.3. The molecule has 5 nitrogen and oxygen atoms in total. The van der Waals surface area contributed by atoms with Gasteiger partial charge in [0.15, 0.2) is 0 Å². The van der Waals surface area contributed by atoms with Crippen LogP contribution in [0.1, 0.15) is 17.2 Å². The Kier molecular flexibility index (Phi) is 3.12. The van der Waals surface area contributed by atoms with E-state index in [1.165, 1.54) is 0 Å². The van der Waals surface area contributed by atoms with Crippen LogP contribution < -0.4 is 4.90 Å². The number of aromatic nitrogens is 2. The zero-order valence-electron chi connectivity index (χ0n) is 9.78. The molecule has 0 bridgehead atoms. The fourth-order valence-electron chi connectivity index (χ4n) is 2.32. The first-order valence-corrected chi connectivity index (χ1v) is 6.85. The van der Waals surface area contributed by atoms with Gasteiger partial charge < -0.3 is 10.0 Å². The fraction of sp³-hybridized carbons (Fsp3) is 0.250. The molecule has 0 saturated heterocycles. The number of nitrogens with zero attached hydrogens (tertiary/aromatic N) is 3. The van der Waals surface area contributed by atoms with Crippen molar-refractivity contribution < 1.29 is 9.90 Å². The molecular weight excluding hydrogens is 286 g/mol. The van der Waals surface area contributed by atoms with E-state index < -0.39 is 11.9 Å². The number of anilines is 1. The van der Waals surface area contributed by atoms with Crippen LogP contribution in [0.4, 0.5) is 5.69 Å². The van der Waals surface area contributed by atoms with E-state index in [1.54, 1.807) is 0 Å². The summed E-state index contributed by atoms with van der Waals surface area (Å²) < 4.78 is 4.34. The van der Waals surface area contributed by atoms with Gasteiger partial charge in [-0.1, -0.05) is 34.3 Å². The van der Waals surface area contributed by atoms with Gasteiger partial charge in [0.2, 0.25) is 0 Å². The maximum absolute atomic E-state index is 11.3. The summed E-state index contributed by atoms with van der Waals surface area (Å²) in [6.45, 7) is 0.915. The third-order valence-corrected chi connectivity index (χ3v) is 4.19. The van der Waals surface area contributed by atoms with Crippen LogP contribution in [0.3, 0.4) is 0 Å². The molecule has 1 N–H and O–H groups in total. The van der Waals surface area contributed by atoms with Gasteiger partial charge in [-0.25, -0.2) is 0 Å².